The molecule has 0 spiro atoms. The molecule has 0 fully saturated rings. The molecular weight excluding hydrogens is 467 g/mol. The van der Waals surface area contributed by atoms with E-state index in [-0.39, 0.29) is 10.6 Å². The second kappa shape index (κ2) is 7.73. The van der Waals surface area contributed by atoms with Crippen molar-refractivity contribution in [1.82, 2.24) is 4.72 Å². The van der Waals surface area contributed by atoms with Crippen molar-refractivity contribution in [3.05, 3.63) is 57.2 Å². The lowest BCUT2D eigenvalue weighted by atomic mass is 10.2. The van der Waals surface area contributed by atoms with Crippen LogP contribution in [0.4, 0.5) is 10.1 Å². The quantitative estimate of drug-likeness (QED) is 0.687. The lowest BCUT2D eigenvalue weighted by molar-refractivity contribution is -0.117. The Bertz CT molecular complexity index is 858. The molecule has 0 aliphatic carbocycles. The van der Waals surface area contributed by atoms with Crippen molar-refractivity contribution in [2.24, 2.45) is 0 Å². The summed E-state index contributed by atoms with van der Waals surface area (Å²) < 4.78 is 41.7. The Morgan fingerprint density at radius 1 is 1.08 bits per heavy atom. The van der Waals surface area contributed by atoms with E-state index >= 15 is 0 Å². The Labute approximate surface area is 156 Å². The lowest BCUT2D eigenvalue weighted by Crippen LogP contribution is -2.41. The average Bonchev–Trinajstić information content (AvgIpc) is 2.50. The van der Waals surface area contributed by atoms with Gasteiger partial charge in [-0.3, -0.25) is 4.79 Å². The van der Waals surface area contributed by atoms with Crippen molar-refractivity contribution in [2.75, 3.05) is 5.32 Å². The van der Waals surface area contributed by atoms with Crippen LogP contribution in [0.3, 0.4) is 0 Å². The summed E-state index contributed by atoms with van der Waals surface area (Å²) in [6, 6.07) is 9.04. The number of amides is 1. The van der Waals surface area contributed by atoms with E-state index in [2.05, 4.69) is 41.9 Å². The summed E-state index contributed by atoms with van der Waals surface area (Å²) in [7, 11) is -3.86. The maximum Gasteiger partial charge on any atom is 0.242 e. The van der Waals surface area contributed by atoms with Gasteiger partial charge in [-0.15, -0.1) is 0 Å². The molecular formula is C15H13Br2FN2O3S. The van der Waals surface area contributed by atoms with E-state index < -0.39 is 27.8 Å². The average molecular weight is 480 g/mol. The Hall–Kier alpha value is -1.29. The molecule has 24 heavy (non-hydrogen) atoms. The number of benzene rings is 2. The van der Waals surface area contributed by atoms with Crippen LogP contribution >= 0.6 is 31.9 Å². The third-order valence-electron chi connectivity index (χ3n) is 3.04. The number of hydrogen-bond acceptors (Lipinski definition) is 3. The van der Waals surface area contributed by atoms with Crippen molar-refractivity contribution in [2.45, 2.75) is 17.9 Å². The first kappa shape index (κ1) is 19.0. The van der Waals surface area contributed by atoms with Gasteiger partial charge in [-0.1, -0.05) is 31.9 Å². The van der Waals surface area contributed by atoms with Crippen LogP contribution in [0, 0.1) is 5.82 Å². The number of nitrogens with one attached hydrogen (secondary N) is 2. The lowest BCUT2D eigenvalue weighted by Gasteiger charge is -2.15. The van der Waals surface area contributed by atoms with Gasteiger partial charge in [0.2, 0.25) is 15.9 Å². The van der Waals surface area contributed by atoms with Gasteiger partial charge in [0, 0.05) is 8.95 Å². The monoisotopic (exact) mass is 478 g/mol. The second-order valence-corrected chi connectivity index (χ2v) is 8.46. The highest BCUT2D eigenvalue weighted by Gasteiger charge is 2.22. The van der Waals surface area contributed by atoms with Gasteiger partial charge in [0.25, 0.3) is 0 Å². The Kier molecular flexibility index (Phi) is 6.13. The minimum Gasteiger partial charge on any atom is -0.322 e. The number of sulfonamides is 1. The van der Waals surface area contributed by atoms with Crippen molar-refractivity contribution < 1.29 is 17.6 Å². The Morgan fingerprint density at radius 2 is 1.67 bits per heavy atom. The minimum atomic E-state index is -3.86. The van der Waals surface area contributed by atoms with Gasteiger partial charge in [0.1, 0.15) is 5.82 Å². The van der Waals surface area contributed by atoms with E-state index in [0.717, 1.165) is 4.47 Å². The Morgan fingerprint density at radius 3 is 2.25 bits per heavy atom. The molecule has 2 N–H and O–H groups in total. The molecule has 2 aromatic carbocycles. The van der Waals surface area contributed by atoms with Crippen LogP contribution in [-0.2, 0) is 14.8 Å². The van der Waals surface area contributed by atoms with E-state index in [0.29, 0.717) is 4.47 Å². The SMILES string of the molecule is C[C@H](NS(=O)(=O)c1ccc(Br)cc1)C(=O)Nc1ccc(Br)cc1F. The number of anilines is 1. The van der Waals surface area contributed by atoms with Crippen LogP contribution in [0.2, 0.25) is 0 Å². The third kappa shape index (κ3) is 4.85. The normalized spacial score (nSPS) is 12.7. The molecule has 0 saturated heterocycles. The zero-order chi connectivity index (χ0) is 17.9. The van der Waals surface area contributed by atoms with Gasteiger partial charge in [0.15, 0.2) is 0 Å². The van der Waals surface area contributed by atoms with Crippen LogP contribution in [0.15, 0.2) is 56.3 Å². The topological polar surface area (TPSA) is 75.3 Å². The standard InChI is InChI=1S/C15H13Br2FN2O3S/c1-9(15(21)19-14-7-4-11(17)8-13(14)18)20-24(22,23)12-5-2-10(16)3-6-12/h2-9,20H,1H3,(H,19,21)/t9-/m0/s1. The largest absolute Gasteiger partial charge is 0.322 e. The molecule has 2 aromatic rings. The summed E-state index contributed by atoms with van der Waals surface area (Å²) in [5.41, 5.74) is -0.0297. The highest BCUT2D eigenvalue weighted by molar-refractivity contribution is 9.10. The van der Waals surface area contributed by atoms with Gasteiger partial charge < -0.3 is 5.32 Å². The molecule has 0 bridgehead atoms. The van der Waals surface area contributed by atoms with Gasteiger partial charge in [-0.2, -0.15) is 4.72 Å². The van der Waals surface area contributed by atoms with Crippen LogP contribution in [0.1, 0.15) is 6.92 Å². The zero-order valence-electron chi connectivity index (χ0n) is 12.4. The van der Waals surface area contributed by atoms with E-state index in [1.807, 2.05) is 0 Å². The number of rotatable bonds is 5. The molecule has 128 valence electrons. The maximum atomic E-state index is 13.7. The third-order valence-corrected chi connectivity index (χ3v) is 5.62. The number of hydrogen-bond donors (Lipinski definition) is 2. The summed E-state index contributed by atoms with van der Waals surface area (Å²) in [4.78, 5) is 12.1. The summed E-state index contributed by atoms with van der Waals surface area (Å²) in [5, 5.41) is 2.35. The van der Waals surface area contributed by atoms with E-state index in [4.69, 9.17) is 0 Å². The van der Waals surface area contributed by atoms with Crippen LogP contribution < -0.4 is 10.0 Å². The number of carbonyl (C=O) groups excluding carboxylic acids is 1. The van der Waals surface area contributed by atoms with Gasteiger partial charge in [0.05, 0.1) is 16.6 Å². The molecule has 1 atom stereocenters. The minimum absolute atomic E-state index is 0.0279. The first-order valence-electron chi connectivity index (χ1n) is 6.73. The molecule has 0 heterocycles. The Balaban J connectivity index is 2.09. The molecule has 0 radical (unpaired) electrons. The molecule has 0 saturated carbocycles. The van der Waals surface area contributed by atoms with Gasteiger partial charge in [-0.25, -0.2) is 12.8 Å². The summed E-state index contributed by atoms with van der Waals surface area (Å²) in [5.74, 6) is -1.29. The van der Waals surface area contributed by atoms with Crippen molar-refractivity contribution in [3.63, 3.8) is 0 Å². The predicted molar refractivity (Wildman–Crippen MR) is 96.7 cm³/mol. The zero-order valence-corrected chi connectivity index (χ0v) is 16.4. The molecule has 0 aromatic heterocycles. The first-order valence-corrected chi connectivity index (χ1v) is 9.80. The molecule has 1 amide bonds. The fourth-order valence-corrected chi connectivity index (χ4v) is 3.60. The first-order chi connectivity index (χ1) is 11.2. The van der Waals surface area contributed by atoms with E-state index in [1.54, 1.807) is 18.2 Å². The summed E-state index contributed by atoms with van der Waals surface area (Å²) >= 11 is 6.33. The van der Waals surface area contributed by atoms with Crippen molar-refractivity contribution in [3.8, 4) is 0 Å². The summed E-state index contributed by atoms with van der Waals surface area (Å²) in [6.07, 6.45) is 0. The van der Waals surface area contributed by atoms with Crippen molar-refractivity contribution in [1.29, 1.82) is 0 Å². The van der Waals surface area contributed by atoms with Crippen LogP contribution in [0.5, 0.6) is 0 Å². The van der Waals surface area contributed by atoms with Gasteiger partial charge >= 0.3 is 0 Å². The smallest absolute Gasteiger partial charge is 0.242 e. The maximum absolute atomic E-state index is 13.7. The second-order valence-electron chi connectivity index (χ2n) is 4.91. The molecule has 0 aliphatic rings. The van der Waals surface area contributed by atoms with Crippen LogP contribution in [-0.4, -0.2) is 20.4 Å². The fourth-order valence-electron chi connectivity index (χ4n) is 1.80. The molecule has 0 unspecified atom stereocenters. The van der Waals surface area contributed by atoms with Crippen molar-refractivity contribution >= 4 is 53.5 Å². The van der Waals surface area contributed by atoms with E-state index in [9.17, 15) is 17.6 Å². The highest BCUT2D eigenvalue weighted by atomic mass is 79.9. The molecule has 5 nitrogen and oxygen atoms in total. The predicted octanol–water partition coefficient (Wildman–Crippen LogP) is 3.66. The molecule has 9 heteroatoms. The number of carbonyl (C=O) groups is 1. The molecule has 2 rings (SSSR count). The fraction of sp³-hybridized carbons (Fsp3) is 0.133. The van der Waals surface area contributed by atoms with Gasteiger partial charge in [-0.05, 0) is 49.4 Å². The number of halogens is 3. The summed E-state index contributed by atoms with van der Waals surface area (Å²) in [6.45, 7) is 1.38. The van der Waals surface area contributed by atoms with E-state index in [1.165, 1.54) is 31.2 Å². The highest BCUT2D eigenvalue weighted by Crippen LogP contribution is 2.20. The molecule has 0 aliphatic heterocycles. The van der Waals surface area contributed by atoms with Crippen LogP contribution in [0.25, 0.3) is 0 Å².